The van der Waals surface area contributed by atoms with Crippen LogP contribution < -0.4 is 4.74 Å². The number of hydrogen-bond acceptors (Lipinski definition) is 3. The second kappa shape index (κ2) is 7.97. The Morgan fingerprint density at radius 2 is 1.93 bits per heavy atom. The van der Waals surface area contributed by atoms with Crippen LogP contribution in [-0.2, 0) is 17.8 Å². The highest BCUT2D eigenvalue weighted by atomic mass is 16.5. The van der Waals surface area contributed by atoms with Crippen LogP contribution in [-0.4, -0.2) is 48.5 Å². The summed E-state index contributed by atoms with van der Waals surface area (Å²) in [6.07, 6.45) is 4.65. The fraction of sp³-hybridized carbons (Fsp3) is 0.348. The number of carbonyl (C=O) groups is 1. The maximum atomic E-state index is 12.5. The van der Waals surface area contributed by atoms with E-state index in [0.29, 0.717) is 0 Å². The van der Waals surface area contributed by atoms with Gasteiger partial charge in [0.25, 0.3) is 0 Å². The first-order chi connectivity index (χ1) is 13.2. The molecule has 0 radical (unpaired) electrons. The number of amides is 1. The van der Waals surface area contributed by atoms with Gasteiger partial charge in [-0.2, -0.15) is 0 Å². The molecule has 2 aliphatic rings. The molecule has 4 heteroatoms. The van der Waals surface area contributed by atoms with E-state index in [9.17, 15) is 4.79 Å². The second-order valence-corrected chi connectivity index (χ2v) is 7.33. The highest BCUT2D eigenvalue weighted by Gasteiger charge is 2.20. The van der Waals surface area contributed by atoms with Crippen LogP contribution in [0.4, 0.5) is 0 Å². The summed E-state index contributed by atoms with van der Waals surface area (Å²) in [6, 6.07) is 14.6. The monoisotopic (exact) mass is 362 g/mol. The van der Waals surface area contributed by atoms with Crippen LogP contribution in [0.15, 0.2) is 48.5 Å². The number of nitrogens with zero attached hydrogens (tertiary/aromatic N) is 2. The molecule has 0 saturated carbocycles. The Bertz CT molecular complexity index is 851. The van der Waals surface area contributed by atoms with E-state index in [1.54, 1.807) is 6.08 Å². The van der Waals surface area contributed by atoms with Gasteiger partial charge in [0, 0.05) is 45.2 Å². The number of aryl methyl sites for hydroxylation is 1. The number of fused-ring (bicyclic) bond motifs is 1. The third-order valence-corrected chi connectivity index (χ3v) is 5.44. The van der Waals surface area contributed by atoms with E-state index in [4.69, 9.17) is 4.74 Å². The minimum Gasteiger partial charge on any atom is -0.493 e. The van der Waals surface area contributed by atoms with Crippen LogP contribution in [0.1, 0.15) is 22.3 Å². The van der Waals surface area contributed by atoms with Gasteiger partial charge in [0.1, 0.15) is 5.75 Å². The molecule has 140 valence electrons. The van der Waals surface area contributed by atoms with Crippen LogP contribution in [0.25, 0.3) is 6.08 Å². The molecule has 2 aromatic rings. The Morgan fingerprint density at radius 3 is 2.74 bits per heavy atom. The van der Waals surface area contributed by atoms with E-state index < -0.39 is 0 Å². The molecule has 4 nitrogen and oxygen atoms in total. The Morgan fingerprint density at radius 1 is 1.11 bits per heavy atom. The van der Waals surface area contributed by atoms with Gasteiger partial charge in [-0.15, -0.1) is 0 Å². The maximum Gasteiger partial charge on any atom is 0.246 e. The first-order valence-corrected chi connectivity index (χ1v) is 9.68. The van der Waals surface area contributed by atoms with Gasteiger partial charge in [-0.05, 0) is 41.3 Å². The summed E-state index contributed by atoms with van der Waals surface area (Å²) in [5, 5.41) is 0. The lowest BCUT2D eigenvalue weighted by atomic mass is 10.1. The van der Waals surface area contributed by atoms with E-state index in [1.807, 2.05) is 29.2 Å². The summed E-state index contributed by atoms with van der Waals surface area (Å²) in [5.41, 5.74) is 4.94. The van der Waals surface area contributed by atoms with Gasteiger partial charge in [0.05, 0.1) is 6.61 Å². The van der Waals surface area contributed by atoms with Crippen molar-refractivity contribution in [3.05, 3.63) is 70.8 Å². The van der Waals surface area contributed by atoms with E-state index >= 15 is 0 Å². The topological polar surface area (TPSA) is 32.8 Å². The van der Waals surface area contributed by atoms with Gasteiger partial charge in [0.2, 0.25) is 5.91 Å². The highest BCUT2D eigenvalue weighted by Crippen LogP contribution is 2.26. The molecule has 4 rings (SSSR count). The van der Waals surface area contributed by atoms with Crippen LogP contribution in [0.5, 0.6) is 5.75 Å². The van der Waals surface area contributed by atoms with E-state index in [1.165, 1.54) is 16.7 Å². The smallest absolute Gasteiger partial charge is 0.246 e. The zero-order valence-electron chi connectivity index (χ0n) is 15.9. The zero-order chi connectivity index (χ0) is 18.6. The molecule has 27 heavy (non-hydrogen) atoms. The number of rotatable bonds is 4. The van der Waals surface area contributed by atoms with Gasteiger partial charge in [0.15, 0.2) is 0 Å². The molecule has 0 spiro atoms. The van der Waals surface area contributed by atoms with Gasteiger partial charge < -0.3 is 9.64 Å². The van der Waals surface area contributed by atoms with Crippen LogP contribution in [0.3, 0.4) is 0 Å². The SMILES string of the molecule is Cc1ccccc1/C=C/C(=O)N1CCN(Cc2ccc3c(c2)CCO3)CC1. The summed E-state index contributed by atoms with van der Waals surface area (Å²) < 4.78 is 5.58. The highest BCUT2D eigenvalue weighted by molar-refractivity contribution is 5.92. The molecule has 0 bridgehead atoms. The van der Waals surface area contributed by atoms with Crippen LogP contribution in [0, 0.1) is 6.92 Å². The van der Waals surface area contributed by atoms with E-state index in [-0.39, 0.29) is 5.91 Å². The molecule has 2 aliphatic heterocycles. The summed E-state index contributed by atoms with van der Waals surface area (Å²) in [5.74, 6) is 1.14. The summed E-state index contributed by atoms with van der Waals surface area (Å²) in [6.45, 7) is 7.20. The predicted molar refractivity (Wildman–Crippen MR) is 108 cm³/mol. The number of benzene rings is 2. The van der Waals surface area contributed by atoms with E-state index in [2.05, 4.69) is 36.1 Å². The molecule has 0 aromatic heterocycles. The minimum absolute atomic E-state index is 0.104. The second-order valence-electron chi connectivity index (χ2n) is 7.33. The third kappa shape index (κ3) is 4.22. The largest absolute Gasteiger partial charge is 0.493 e. The lowest BCUT2D eigenvalue weighted by molar-refractivity contribution is -0.127. The lowest BCUT2D eigenvalue weighted by Gasteiger charge is -2.34. The van der Waals surface area contributed by atoms with Crippen molar-refractivity contribution in [3.63, 3.8) is 0 Å². The predicted octanol–water partition coefficient (Wildman–Crippen LogP) is 3.29. The average molecular weight is 362 g/mol. The summed E-state index contributed by atoms with van der Waals surface area (Å²) in [4.78, 5) is 16.9. The molecule has 0 atom stereocenters. The van der Waals surface area contributed by atoms with Crippen molar-refractivity contribution < 1.29 is 9.53 Å². The van der Waals surface area contributed by atoms with Crippen molar-refractivity contribution in [2.75, 3.05) is 32.8 Å². The first kappa shape index (κ1) is 17.8. The number of ether oxygens (including phenoxy) is 1. The average Bonchev–Trinajstić information content (AvgIpc) is 3.15. The van der Waals surface area contributed by atoms with Crippen molar-refractivity contribution in [1.82, 2.24) is 9.80 Å². The number of hydrogen-bond donors (Lipinski definition) is 0. The minimum atomic E-state index is 0.104. The maximum absolute atomic E-state index is 12.5. The Hall–Kier alpha value is -2.59. The Kier molecular flexibility index (Phi) is 5.26. The zero-order valence-corrected chi connectivity index (χ0v) is 15.9. The molecule has 1 fully saturated rings. The first-order valence-electron chi connectivity index (χ1n) is 9.68. The Balaban J connectivity index is 1.29. The van der Waals surface area contributed by atoms with Gasteiger partial charge in [-0.3, -0.25) is 9.69 Å². The third-order valence-electron chi connectivity index (χ3n) is 5.44. The van der Waals surface area contributed by atoms with Crippen molar-refractivity contribution in [3.8, 4) is 5.75 Å². The molecular formula is C23H26N2O2. The molecule has 0 N–H and O–H groups in total. The van der Waals surface area contributed by atoms with Gasteiger partial charge in [-0.25, -0.2) is 0 Å². The van der Waals surface area contributed by atoms with Crippen molar-refractivity contribution in [2.24, 2.45) is 0 Å². The van der Waals surface area contributed by atoms with Crippen molar-refractivity contribution in [1.29, 1.82) is 0 Å². The summed E-state index contributed by atoms with van der Waals surface area (Å²) in [7, 11) is 0. The van der Waals surface area contributed by atoms with Crippen LogP contribution >= 0.6 is 0 Å². The molecule has 0 aliphatic carbocycles. The summed E-state index contributed by atoms with van der Waals surface area (Å²) >= 11 is 0. The van der Waals surface area contributed by atoms with Gasteiger partial charge >= 0.3 is 0 Å². The van der Waals surface area contributed by atoms with Crippen LogP contribution in [0.2, 0.25) is 0 Å². The molecule has 2 aromatic carbocycles. The molecule has 1 amide bonds. The Labute approximate surface area is 161 Å². The fourth-order valence-corrected chi connectivity index (χ4v) is 3.76. The van der Waals surface area contributed by atoms with Crippen molar-refractivity contribution in [2.45, 2.75) is 19.9 Å². The molecule has 2 heterocycles. The van der Waals surface area contributed by atoms with E-state index in [0.717, 1.165) is 57.1 Å². The normalized spacial score (nSPS) is 17.1. The molecule has 0 unspecified atom stereocenters. The quantitative estimate of drug-likeness (QED) is 0.783. The number of carbonyl (C=O) groups excluding carboxylic acids is 1. The fourth-order valence-electron chi connectivity index (χ4n) is 3.76. The number of piperazine rings is 1. The molecular weight excluding hydrogens is 336 g/mol. The lowest BCUT2D eigenvalue weighted by Crippen LogP contribution is -2.47. The van der Waals surface area contributed by atoms with Gasteiger partial charge in [-0.1, -0.05) is 36.4 Å². The van der Waals surface area contributed by atoms with Crippen molar-refractivity contribution >= 4 is 12.0 Å². The molecule has 1 saturated heterocycles. The standard InChI is InChI=1S/C23H26N2O2/c1-18-4-2-3-5-20(18)7-9-23(26)25-13-11-24(12-14-25)17-19-6-8-22-21(16-19)10-15-27-22/h2-9,16H,10-15,17H2,1H3/b9-7+.